The molecule has 0 saturated heterocycles. The van der Waals surface area contributed by atoms with Crippen molar-refractivity contribution < 1.29 is 0 Å². The molecule has 0 bridgehead atoms. The van der Waals surface area contributed by atoms with Gasteiger partial charge >= 0.3 is 0 Å². The highest BCUT2D eigenvalue weighted by atomic mass is 32.1. The first kappa shape index (κ1) is 10.2. The Kier molecular flexibility index (Phi) is 2.77. The van der Waals surface area contributed by atoms with Crippen molar-refractivity contribution in [1.29, 1.82) is 0 Å². The molecule has 0 saturated carbocycles. The van der Waals surface area contributed by atoms with Crippen molar-refractivity contribution in [2.75, 3.05) is 0 Å². The first-order valence-electron chi connectivity index (χ1n) is 4.95. The fourth-order valence-corrected chi connectivity index (χ4v) is 1.54. The SMILES string of the molecule is CC(C)CCn1nnc2c(=S)nc[nH]c21. The van der Waals surface area contributed by atoms with E-state index in [0.717, 1.165) is 18.6 Å². The lowest BCUT2D eigenvalue weighted by atomic mass is 10.1. The summed E-state index contributed by atoms with van der Waals surface area (Å²) in [7, 11) is 0. The molecule has 0 fully saturated rings. The molecule has 2 heterocycles. The molecule has 6 heteroatoms. The number of nitrogens with one attached hydrogen (secondary N) is 1. The predicted molar refractivity (Wildman–Crippen MR) is 60.0 cm³/mol. The summed E-state index contributed by atoms with van der Waals surface area (Å²) in [5.41, 5.74) is 1.53. The normalized spacial score (nSPS) is 11.4. The molecule has 80 valence electrons. The fourth-order valence-electron chi connectivity index (χ4n) is 1.35. The largest absolute Gasteiger partial charge is 0.329 e. The highest BCUT2D eigenvalue weighted by Gasteiger charge is 2.06. The van der Waals surface area contributed by atoms with Gasteiger partial charge in [-0.05, 0) is 12.3 Å². The van der Waals surface area contributed by atoms with Crippen molar-refractivity contribution in [3.63, 3.8) is 0 Å². The number of aryl methyl sites for hydroxylation is 1. The van der Waals surface area contributed by atoms with Gasteiger partial charge in [-0.25, -0.2) is 9.67 Å². The lowest BCUT2D eigenvalue weighted by Crippen LogP contribution is -2.04. The van der Waals surface area contributed by atoms with Crippen LogP contribution >= 0.6 is 12.2 Å². The van der Waals surface area contributed by atoms with Gasteiger partial charge in [0.15, 0.2) is 15.8 Å². The zero-order valence-corrected chi connectivity index (χ0v) is 9.58. The van der Waals surface area contributed by atoms with Crippen LogP contribution in [0.3, 0.4) is 0 Å². The monoisotopic (exact) mass is 223 g/mol. The molecule has 0 aliphatic rings. The van der Waals surface area contributed by atoms with Gasteiger partial charge in [-0.1, -0.05) is 31.3 Å². The van der Waals surface area contributed by atoms with E-state index in [1.54, 1.807) is 6.33 Å². The highest BCUT2D eigenvalue weighted by molar-refractivity contribution is 7.71. The Balaban J connectivity index is 2.37. The third-order valence-corrected chi connectivity index (χ3v) is 2.54. The zero-order valence-electron chi connectivity index (χ0n) is 8.77. The number of fused-ring (bicyclic) bond motifs is 1. The Hall–Kier alpha value is -1.30. The molecular weight excluding hydrogens is 210 g/mol. The number of hydrogen-bond donors (Lipinski definition) is 1. The summed E-state index contributed by atoms with van der Waals surface area (Å²) in [6, 6.07) is 0. The van der Waals surface area contributed by atoms with Crippen LogP contribution in [0.4, 0.5) is 0 Å². The van der Waals surface area contributed by atoms with Crippen LogP contribution in [0, 0.1) is 10.6 Å². The summed E-state index contributed by atoms with van der Waals surface area (Å²) in [6.07, 6.45) is 2.65. The lowest BCUT2D eigenvalue weighted by Gasteiger charge is -2.04. The van der Waals surface area contributed by atoms with Gasteiger partial charge in [0.25, 0.3) is 0 Å². The van der Waals surface area contributed by atoms with Gasteiger partial charge in [0.2, 0.25) is 0 Å². The van der Waals surface area contributed by atoms with E-state index in [-0.39, 0.29) is 0 Å². The minimum absolute atomic E-state index is 0.500. The topological polar surface area (TPSA) is 59.4 Å². The van der Waals surface area contributed by atoms with Crippen LogP contribution in [-0.4, -0.2) is 25.0 Å². The molecule has 2 aromatic rings. The van der Waals surface area contributed by atoms with Gasteiger partial charge < -0.3 is 4.98 Å². The third-order valence-electron chi connectivity index (χ3n) is 2.24. The van der Waals surface area contributed by atoms with E-state index in [1.165, 1.54) is 0 Å². The number of hydrogen-bond acceptors (Lipinski definition) is 4. The molecule has 0 aliphatic carbocycles. The summed E-state index contributed by atoms with van der Waals surface area (Å²) >= 11 is 5.06. The average Bonchev–Trinajstić information content (AvgIpc) is 2.59. The molecule has 0 radical (unpaired) electrons. The molecule has 1 N–H and O–H groups in total. The van der Waals surface area contributed by atoms with Crippen molar-refractivity contribution >= 4 is 23.4 Å². The predicted octanol–water partition coefficient (Wildman–Crippen LogP) is 1.93. The van der Waals surface area contributed by atoms with E-state index in [2.05, 4.69) is 34.1 Å². The quantitative estimate of drug-likeness (QED) is 0.808. The van der Waals surface area contributed by atoms with Gasteiger partial charge in [-0.15, -0.1) is 5.10 Å². The molecule has 0 spiro atoms. The Morgan fingerprint density at radius 2 is 2.33 bits per heavy atom. The van der Waals surface area contributed by atoms with Crippen LogP contribution in [0.5, 0.6) is 0 Å². The Labute approximate surface area is 92.5 Å². The maximum atomic E-state index is 5.06. The summed E-state index contributed by atoms with van der Waals surface area (Å²) in [4.78, 5) is 6.98. The standard InChI is InChI=1S/C9H13N5S/c1-6(2)3-4-14-8-7(12-13-14)9(15)11-5-10-8/h5-6H,3-4H2,1-2H3,(H,10,11,15). The van der Waals surface area contributed by atoms with Crippen LogP contribution in [0.1, 0.15) is 20.3 Å². The van der Waals surface area contributed by atoms with Gasteiger partial charge in [0.1, 0.15) is 0 Å². The minimum Gasteiger partial charge on any atom is -0.329 e. The summed E-state index contributed by atoms with van der Waals surface area (Å²) < 4.78 is 2.34. The van der Waals surface area contributed by atoms with Crippen LogP contribution < -0.4 is 0 Å². The molecule has 2 aromatic heterocycles. The molecular formula is C9H13N5S. The van der Waals surface area contributed by atoms with E-state index in [0.29, 0.717) is 16.1 Å². The van der Waals surface area contributed by atoms with E-state index >= 15 is 0 Å². The maximum Gasteiger partial charge on any atom is 0.166 e. The van der Waals surface area contributed by atoms with Crippen LogP contribution in [0.15, 0.2) is 6.33 Å². The Morgan fingerprint density at radius 3 is 3.07 bits per heavy atom. The molecule has 15 heavy (non-hydrogen) atoms. The molecule has 2 rings (SSSR count). The molecule has 0 aromatic carbocycles. The number of rotatable bonds is 3. The van der Waals surface area contributed by atoms with E-state index in [4.69, 9.17) is 12.2 Å². The first-order chi connectivity index (χ1) is 7.18. The Bertz CT molecular complexity index is 512. The van der Waals surface area contributed by atoms with Crippen molar-refractivity contribution in [3.8, 4) is 0 Å². The van der Waals surface area contributed by atoms with Crippen molar-refractivity contribution in [1.82, 2.24) is 25.0 Å². The van der Waals surface area contributed by atoms with Crippen LogP contribution in [0.2, 0.25) is 0 Å². The lowest BCUT2D eigenvalue weighted by molar-refractivity contribution is 0.485. The fraction of sp³-hybridized carbons (Fsp3) is 0.556. The smallest absolute Gasteiger partial charge is 0.166 e. The highest BCUT2D eigenvalue weighted by Crippen LogP contribution is 2.09. The van der Waals surface area contributed by atoms with Crippen molar-refractivity contribution in [2.45, 2.75) is 26.8 Å². The second-order valence-corrected chi connectivity index (χ2v) is 4.29. The summed E-state index contributed by atoms with van der Waals surface area (Å²) in [5, 5.41) is 8.07. The molecule has 0 aliphatic heterocycles. The molecule has 5 nitrogen and oxygen atoms in total. The molecule has 0 atom stereocenters. The van der Waals surface area contributed by atoms with Crippen LogP contribution in [0.25, 0.3) is 11.2 Å². The van der Waals surface area contributed by atoms with Gasteiger partial charge in [-0.3, -0.25) is 0 Å². The molecule has 0 amide bonds. The third kappa shape index (κ3) is 2.04. The van der Waals surface area contributed by atoms with Gasteiger partial charge in [0.05, 0.1) is 6.33 Å². The van der Waals surface area contributed by atoms with Gasteiger partial charge in [0, 0.05) is 6.54 Å². The maximum absolute atomic E-state index is 5.06. The zero-order chi connectivity index (χ0) is 10.8. The number of H-pyrrole nitrogens is 1. The van der Waals surface area contributed by atoms with Crippen LogP contribution in [-0.2, 0) is 6.54 Å². The number of nitrogens with zero attached hydrogens (tertiary/aromatic N) is 4. The Morgan fingerprint density at radius 1 is 1.53 bits per heavy atom. The van der Waals surface area contributed by atoms with E-state index in [1.807, 2.05) is 4.68 Å². The second kappa shape index (κ2) is 4.06. The van der Waals surface area contributed by atoms with Gasteiger partial charge in [-0.2, -0.15) is 0 Å². The molecule has 0 unspecified atom stereocenters. The average molecular weight is 223 g/mol. The van der Waals surface area contributed by atoms with Crippen molar-refractivity contribution in [3.05, 3.63) is 11.0 Å². The number of aromatic nitrogens is 5. The first-order valence-corrected chi connectivity index (χ1v) is 5.36. The van der Waals surface area contributed by atoms with E-state index in [9.17, 15) is 0 Å². The summed E-state index contributed by atoms with van der Waals surface area (Å²) in [6.45, 7) is 5.22. The van der Waals surface area contributed by atoms with Crippen molar-refractivity contribution in [2.24, 2.45) is 5.92 Å². The summed E-state index contributed by atoms with van der Waals surface area (Å²) in [5.74, 6) is 0.647. The second-order valence-electron chi connectivity index (χ2n) is 3.90. The minimum atomic E-state index is 0.500. The number of aromatic amines is 1. The van der Waals surface area contributed by atoms with E-state index < -0.39 is 0 Å².